The monoisotopic (exact) mass is 279 g/mol. The third-order valence-electron chi connectivity index (χ3n) is 4.91. The summed E-state index contributed by atoms with van der Waals surface area (Å²) in [6, 6.07) is 0. The maximum absolute atomic E-state index is 6.20. The first-order valence-corrected chi connectivity index (χ1v) is 7.86. The molecular weight excluding hydrogens is 250 g/mol. The van der Waals surface area contributed by atoms with E-state index in [1.807, 2.05) is 24.0 Å². The lowest BCUT2D eigenvalue weighted by atomic mass is 9.74. The Morgan fingerprint density at radius 1 is 1.45 bits per heavy atom. The summed E-state index contributed by atoms with van der Waals surface area (Å²) in [4.78, 5) is 4.33. The van der Waals surface area contributed by atoms with Crippen molar-refractivity contribution in [3.8, 4) is 0 Å². The summed E-state index contributed by atoms with van der Waals surface area (Å²) in [7, 11) is 2.02. The van der Waals surface area contributed by atoms with Crippen LogP contribution in [0.25, 0.3) is 0 Å². The molecule has 1 aliphatic carbocycles. The van der Waals surface area contributed by atoms with Crippen molar-refractivity contribution in [3.05, 3.63) is 18.2 Å². The van der Waals surface area contributed by atoms with E-state index in [9.17, 15) is 0 Å². The number of ether oxygens (including phenoxy) is 1. The smallest absolute Gasteiger partial charge is 0.110 e. The first kappa shape index (κ1) is 15.5. The van der Waals surface area contributed by atoms with Crippen molar-refractivity contribution in [3.63, 3.8) is 0 Å². The van der Waals surface area contributed by atoms with E-state index in [2.05, 4.69) is 18.8 Å². The first-order chi connectivity index (χ1) is 9.56. The van der Waals surface area contributed by atoms with E-state index in [0.717, 1.165) is 36.9 Å². The van der Waals surface area contributed by atoms with Gasteiger partial charge in [0.2, 0.25) is 0 Å². The molecule has 4 heteroatoms. The molecule has 0 bridgehead atoms. The van der Waals surface area contributed by atoms with E-state index >= 15 is 0 Å². The summed E-state index contributed by atoms with van der Waals surface area (Å²) >= 11 is 0. The Morgan fingerprint density at radius 3 is 2.65 bits per heavy atom. The Balaban J connectivity index is 1.82. The van der Waals surface area contributed by atoms with Crippen LogP contribution >= 0.6 is 0 Å². The van der Waals surface area contributed by atoms with Gasteiger partial charge in [0, 0.05) is 32.4 Å². The third kappa shape index (κ3) is 3.61. The summed E-state index contributed by atoms with van der Waals surface area (Å²) < 4.78 is 8.25. The SMILES string of the molecule is CC(C)C1CCC(CN)(OCCc2nccn2C)CC1. The minimum Gasteiger partial charge on any atom is -0.373 e. The molecule has 1 saturated carbocycles. The fourth-order valence-electron chi connectivity index (χ4n) is 3.24. The van der Waals surface area contributed by atoms with Gasteiger partial charge in [-0.25, -0.2) is 4.98 Å². The average molecular weight is 279 g/mol. The molecule has 0 unspecified atom stereocenters. The molecule has 1 heterocycles. The van der Waals surface area contributed by atoms with E-state index in [1.165, 1.54) is 12.8 Å². The normalized spacial score (nSPS) is 27.1. The minimum atomic E-state index is -0.0868. The Bertz CT molecular complexity index is 406. The van der Waals surface area contributed by atoms with Crippen molar-refractivity contribution in [2.45, 2.75) is 51.6 Å². The largest absolute Gasteiger partial charge is 0.373 e. The van der Waals surface area contributed by atoms with Crippen LogP contribution in [0.3, 0.4) is 0 Å². The van der Waals surface area contributed by atoms with Gasteiger partial charge in [-0.1, -0.05) is 13.8 Å². The van der Waals surface area contributed by atoms with Crippen molar-refractivity contribution in [2.24, 2.45) is 24.6 Å². The molecule has 0 spiro atoms. The molecule has 0 saturated heterocycles. The van der Waals surface area contributed by atoms with Crippen LogP contribution < -0.4 is 5.73 Å². The molecule has 0 amide bonds. The van der Waals surface area contributed by atoms with Crippen LogP contribution in [0, 0.1) is 11.8 Å². The van der Waals surface area contributed by atoms with E-state index in [-0.39, 0.29) is 5.60 Å². The van der Waals surface area contributed by atoms with Gasteiger partial charge in [0.1, 0.15) is 5.82 Å². The number of nitrogens with two attached hydrogens (primary N) is 1. The van der Waals surface area contributed by atoms with E-state index in [1.54, 1.807) is 0 Å². The maximum Gasteiger partial charge on any atom is 0.110 e. The fourth-order valence-corrected chi connectivity index (χ4v) is 3.24. The van der Waals surface area contributed by atoms with Gasteiger partial charge in [-0.15, -0.1) is 0 Å². The summed E-state index contributed by atoms with van der Waals surface area (Å²) in [5.41, 5.74) is 5.92. The molecule has 2 N–H and O–H groups in total. The summed E-state index contributed by atoms with van der Waals surface area (Å²) in [6.45, 7) is 6.00. The van der Waals surface area contributed by atoms with Gasteiger partial charge in [0.15, 0.2) is 0 Å². The molecule has 0 atom stereocenters. The van der Waals surface area contributed by atoms with Crippen LogP contribution in [0.2, 0.25) is 0 Å². The highest BCUT2D eigenvalue weighted by Crippen LogP contribution is 2.37. The summed E-state index contributed by atoms with van der Waals surface area (Å²) in [5.74, 6) is 2.69. The Labute approximate surface area is 122 Å². The van der Waals surface area contributed by atoms with Crippen LogP contribution in [-0.2, 0) is 18.2 Å². The van der Waals surface area contributed by atoms with Crippen molar-refractivity contribution in [2.75, 3.05) is 13.2 Å². The van der Waals surface area contributed by atoms with Gasteiger partial charge >= 0.3 is 0 Å². The zero-order valence-corrected chi connectivity index (χ0v) is 13.1. The standard InChI is InChI=1S/C16H29N3O/c1-13(2)14-4-7-16(12-17,8-5-14)20-11-6-15-18-9-10-19(15)3/h9-10,13-14H,4-8,11-12,17H2,1-3H3. The van der Waals surface area contributed by atoms with Gasteiger partial charge in [0.25, 0.3) is 0 Å². The molecule has 4 nitrogen and oxygen atoms in total. The van der Waals surface area contributed by atoms with E-state index in [0.29, 0.717) is 13.2 Å². The zero-order valence-electron chi connectivity index (χ0n) is 13.1. The highest BCUT2D eigenvalue weighted by molar-refractivity contribution is 4.93. The molecule has 2 rings (SSSR count). The summed E-state index contributed by atoms with van der Waals surface area (Å²) in [6.07, 6.45) is 9.37. The number of aryl methyl sites for hydroxylation is 1. The highest BCUT2D eigenvalue weighted by atomic mass is 16.5. The molecule has 0 aromatic carbocycles. The molecule has 114 valence electrons. The Morgan fingerprint density at radius 2 is 2.15 bits per heavy atom. The van der Waals surface area contributed by atoms with Gasteiger partial charge < -0.3 is 15.0 Å². The molecule has 1 fully saturated rings. The molecule has 0 aliphatic heterocycles. The lowest BCUT2D eigenvalue weighted by molar-refractivity contribution is -0.0737. The summed E-state index contributed by atoms with van der Waals surface area (Å²) in [5, 5.41) is 0. The first-order valence-electron chi connectivity index (χ1n) is 7.86. The van der Waals surface area contributed by atoms with Crippen molar-refractivity contribution in [1.82, 2.24) is 9.55 Å². The van der Waals surface area contributed by atoms with Gasteiger partial charge in [0.05, 0.1) is 12.2 Å². The van der Waals surface area contributed by atoms with Gasteiger partial charge in [-0.2, -0.15) is 0 Å². The fraction of sp³-hybridized carbons (Fsp3) is 0.812. The van der Waals surface area contributed by atoms with Crippen LogP contribution in [0.5, 0.6) is 0 Å². The Hall–Kier alpha value is -0.870. The third-order valence-corrected chi connectivity index (χ3v) is 4.91. The number of rotatable bonds is 6. The lowest BCUT2D eigenvalue weighted by Crippen LogP contribution is -2.45. The van der Waals surface area contributed by atoms with E-state index in [4.69, 9.17) is 10.5 Å². The second kappa shape index (κ2) is 6.72. The average Bonchev–Trinajstić information content (AvgIpc) is 2.85. The van der Waals surface area contributed by atoms with Gasteiger partial charge in [-0.3, -0.25) is 0 Å². The van der Waals surface area contributed by atoms with E-state index < -0.39 is 0 Å². The van der Waals surface area contributed by atoms with Crippen molar-refractivity contribution in [1.29, 1.82) is 0 Å². The maximum atomic E-state index is 6.20. The molecule has 1 aromatic rings. The molecule has 1 aromatic heterocycles. The minimum absolute atomic E-state index is 0.0868. The van der Waals surface area contributed by atoms with Crippen LogP contribution in [-0.4, -0.2) is 28.3 Å². The number of imidazole rings is 1. The number of aromatic nitrogens is 2. The predicted molar refractivity (Wildman–Crippen MR) is 81.4 cm³/mol. The number of hydrogen-bond acceptors (Lipinski definition) is 3. The number of nitrogens with zero attached hydrogens (tertiary/aromatic N) is 2. The second-order valence-corrected chi connectivity index (χ2v) is 6.52. The molecule has 0 radical (unpaired) electrons. The number of hydrogen-bond donors (Lipinski definition) is 1. The predicted octanol–water partition coefficient (Wildman–Crippen LogP) is 2.52. The lowest BCUT2D eigenvalue weighted by Gasteiger charge is -2.40. The van der Waals surface area contributed by atoms with Crippen molar-refractivity contribution < 1.29 is 4.74 Å². The molecular formula is C16H29N3O. The van der Waals surface area contributed by atoms with Gasteiger partial charge in [-0.05, 0) is 37.5 Å². The molecule has 1 aliphatic rings. The van der Waals surface area contributed by atoms with Crippen LogP contribution in [0.15, 0.2) is 12.4 Å². The highest BCUT2D eigenvalue weighted by Gasteiger charge is 2.35. The van der Waals surface area contributed by atoms with Crippen LogP contribution in [0.4, 0.5) is 0 Å². The van der Waals surface area contributed by atoms with Crippen molar-refractivity contribution >= 4 is 0 Å². The Kier molecular flexibility index (Phi) is 5.22. The molecule has 20 heavy (non-hydrogen) atoms. The quantitative estimate of drug-likeness (QED) is 0.870. The second-order valence-electron chi connectivity index (χ2n) is 6.52. The zero-order chi connectivity index (χ0) is 14.6. The topological polar surface area (TPSA) is 53.1 Å². The van der Waals surface area contributed by atoms with Crippen LogP contribution in [0.1, 0.15) is 45.4 Å².